The summed E-state index contributed by atoms with van der Waals surface area (Å²) in [6.07, 6.45) is -11.7. The van der Waals surface area contributed by atoms with Crippen LogP contribution in [0.25, 0.3) is 0 Å². The maximum atomic E-state index is 12.2. The predicted molar refractivity (Wildman–Crippen MR) is 50.0 cm³/mol. The molecule has 0 aliphatic heterocycles. The van der Waals surface area contributed by atoms with E-state index in [1.54, 1.807) is 0 Å². The van der Waals surface area contributed by atoms with E-state index >= 15 is 0 Å². The van der Waals surface area contributed by atoms with Crippen LogP contribution in [0.2, 0.25) is 0 Å². The fourth-order valence-corrected chi connectivity index (χ4v) is 1.23. The fourth-order valence-electron chi connectivity index (χ4n) is 1.23. The Bertz CT molecular complexity index is 335. The van der Waals surface area contributed by atoms with Gasteiger partial charge in [-0.05, 0) is 5.92 Å². The van der Waals surface area contributed by atoms with Gasteiger partial charge in [0.05, 0.1) is 0 Å². The number of carbonyl (C=O) groups is 2. The first-order valence-electron chi connectivity index (χ1n) is 4.95. The number of nitrogens with one attached hydrogen (secondary N) is 1. The molecule has 0 saturated carbocycles. The molecule has 2 N–H and O–H groups in total. The largest absolute Gasteiger partial charge is 0.480 e. The van der Waals surface area contributed by atoms with E-state index in [1.807, 2.05) is 0 Å². The lowest BCUT2D eigenvalue weighted by Crippen LogP contribution is -2.53. The Hall–Kier alpha value is -1.48. The molecular formula is C9H11F6NO3. The van der Waals surface area contributed by atoms with E-state index in [-0.39, 0.29) is 0 Å². The quantitative estimate of drug-likeness (QED) is 0.779. The molecule has 1 atom stereocenters. The van der Waals surface area contributed by atoms with Crippen molar-refractivity contribution in [3.8, 4) is 0 Å². The Balaban J connectivity index is 5.20. The van der Waals surface area contributed by atoms with E-state index in [1.165, 1.54) is 19.2 Å². The topological polar surface area (TPSA) is 66.4 Å². The summed E-state index contributed by atoms with van der Waals surface area (Å²) in [4.78, 5) is 21.7. The van der Waals surface area contributed by atoms with E-state index in [9.17, 15) is 35.9 Å². The number of halogens is 6. The lowest BCUT2D eigenvalue weighted by atomic mass is 10.0. The van der Waals surface area contributed by atoms with Crippen LogP contribution in [0.5, 0.6) is 0 Å². The molecule has 1 unspecified atom stereocenters. The summed E-state index contributed by atoms with van der Waals surface area (Å²) in [6, 6.07) is -1.83. The first kappa shape index (κ1) is 17.5. The molecule has 0 fully saturated rings. The van der Waals surface area contributed by atoms with Crippen LogP contribution < -0.4 is 5.32 Å². The van der Waals surface area contributed by atoms with Crippen LogP contribution in [0, 0.1) is 11.8 Å². The molecule has 0 heterocycles. The van der Waals surface area contributed by atoms with Gasteiger partial charge in [0, 0.05) is 0 Å². The molecule has 0 aromatic rings. The molecule has 0 bridgehead atoms. The third-order valence-electron chi connectivity index (χ3n) is 2.15. The van der Waals surface area contributed by atoms with Crippen molar-refractivity contribution in [3.63, 3.8) is 0 Å². The zero-order chi connectivity index (χ0) is 15.6. The van der Waals surface area contributed by atoms with Crippen molar-refractivity contribution in [2.45, 2.75) is 32.2 Å². The molecule has 0 radical (unpaired) electrons. The predicted octanol–water partition coefficient (Wildman–Crippen LogP) is 1.95. The Morgan fingerprint density at radius 3 is 1.58 bits per heavy atom. The molecule has 0 aliphatic carbocycles. The number of alkyl halides is 6. The van der Waals surface area contributed by atoms with Crippen molar-refractivity contribution in [2.24, 2.45) is 11.8 Å². The zero-order valence-electron chi connectivity index (χ0n) is 9.76. The second-order valence-corrected chi connectivity index (χ2v) is 4.08. The number of aliphatic carboxylic acids is 1. The second-order valence-electron chi connectivity index (χ2n) is 4.08. The van der Waals surface area contributed by atoms with E-state index < -0.39 is 42.1 Å². The highest BCUT2D eigenvalue weighted by atomic mass is 19.4. The van der Waals surface area contributed by atoms with Gasteiger partial charge in [-0.15, -0.1) is 0 Å². The minimum atomic E-state index is -5.84. The normalized spacial score (nSPS) is 14.6. The summed E-state index contributed by atoms with van der Waals surface area (Å²) in [5.41, 5.74) is 0. The van der Waals surface area contributed by atoms with Gasteiger partial charge in [0.1, 0.15) is 6.04 Å². The van der Waals surface area contributed by atoms with Gasteiger partial charge < -0.3 is 10.4 Å². The number of carboxylic acids is 1. The average Bonchev–Trinajstić information content (AvgIpc) is 2.07. The number of carboxylic acid groups (broad SMARTS) is 1. The lowest BCUT2D eigenvalue weighted by molar-refractivity contribution is -0.274. The molecule has 0 aliphatic rings. The minimum Gasteiger partial charge on any atom is -0.480 e. The van der Waals surface area contributed by atoms with Crippen LogP contribution in [0.15, 0.2) is 0 Å². The third kappa shape index (κ3) is 4.95. The molecule has 0 aromatic carbocycles. The number of hydrogen-bond donors (Lipinski definition) is 2. The molecule has 19 heavy (non-hydrogen) atoms. The van der Waals surface area contributed by atoms with E-state index in [0.717, 1.165) is 0 Å². The number of rotatable bonds is 4. The maximum Gasteiger partial charge on any atom is 0.409 e. The Morgan fingerprint density at radius 1 is 1.00 bits per heavy atom. The van der Waals surface area contributed by atoms with Gasteiger partial charge in [-0.25, -0.2) is 4.79 Å². The number of carbonyl (C=O) groups excluding carboxylic acids is 1. The molecule has 4 nitrogen and oxygen atoms in total. The summed E-state index contributed by atoms with van der Waals surface area (Å²) in [5.74, 6) is -9.27. The summed E-state index contributed by atoms with van der Waals surface area (Å²) in [6.45, 7) is 2.46. The molecule has 0 spiro atoms. The standard InChI is InChI=1S/C9H11F6NO3/c1-3(2)4(7(18)19)16-6(17)5(8(10,11)12)9(13,14)15/h3-5H,1-2H3,(H,16,17)(H,18,19). The summed E-state index contributed by atoms with van der Waals surface area (Å²) < 4.78 is 73.1. The van der Waals surface area contributed by atoms with Crippen LogP contribution in [0.1, 0.15) is 13.8 Å². The highest BCUT2D eigenvalue weighted by Crippen LogP contribution is 2.39. The molecule has 1 amide bonds. The van der Waals surface area contributed by atoms with Crippen LogP contribution in [0.3, 0.4) is 0 Å². The monoisotopic (exact) mass is 295 g/mol. The first-order valence-corrected chi connectivity index (χ1v) is 4.95. The Kier molecular flexibility index (Phi) is 5.22. The van der Waals surface area contributed by atoms with Gasteiger partial charge in [0.25, 0.3) is 0 Å². The second kappa shape index (κ2) is 5.66. The first-order chi connectivity index (χ1) is 8.28. The van der Waals surface area contributed by atoms with Gasteiger partial charge in [-0.1, -0.05) is 13.8 Å². The highest BCUT2D eigenvalue weighted by molar-refractivity contribution is 5.86. The van der Waals surface area contributed by atoms with Crippen molar-refractivity contribution < 1.29 is 41.0 Å². The van der Waals surface area contributed by atoms with Crippen molar-refractivity contribution in [1.29, 1.82) is 0 Å². The van der Waals surface area contributed by atoms with Crippen LogP contribution in [-0.4, -0.2) is 35.4 Å². The maximum absolute atomic E-state index is 12.2. The SMILES string of the molecule is CC(C)C(NC(=O)C(C(F)(F)F)C(F)(F)F)C(=O)O. The van der Waals surface area contributed by atoms with E-state index in [0.29, 0.717) is 0 Å². The Morgan fingerprint density at radius 2 is 1.37 bits per heavy atom. The van der Waals surface area contributed by atoms with Crippen LogP contribution in [0.4, 0.5) is 26.3 Å². The third-order valence-corrected chi connectivity index (χ3v) is 2.15. The van der Waals surface area contributed by atoms with Crippen molar-refractivity contribution >= 4 is 11.9 Å². The van der Waals surface area contributed by atoms with Crippen molar-refractivity contribution in [3.05, 3.63) is 0 Å². The fraction of sp³-hybridized carbons (Fsp3) is 0.778. The van der Waals surface area contributed by atoms with E-state index in [4.69, 9.17) is 5.11 Å². The van der Waals surface area contributed by atoms with Crippen LogP contribution in [-0.2, 0) is 9.59 Å². The van der Waals surface area contributed by atoms with Gasteiger partial charge in [0.2, 0.25) is 11.8 Å². The molecule has 0 rings (SSSR count). The zero-order valence-corrected chi connectivity index (χ0v) is 9.76. The summed E-state index contributed by atoms with van der Waals surface area (Å²) >= 11 is 0. The summed E-state index contributed by atoms with van der Waals surface area (Å²) in [5, 5.41) is 9.85. The minimum absolute atomic E-state index is 0.872. The van der Waals surface area contributed by atoms with Gasteiger partial charge in [0.15, 0.2) is 0 Å². The molecule has 112 valence electrons. The number of hydrogen-bond acceptors (Lipinski definition) is 2. The van der Waals surface area contributed by atoms with Crippen molar-refractivity contribution in [2.75, 3.05) is 0 Å². The van der Waals surface area contributed by atoms with Crippen LogP contribution >= 0.6 is 0 Å². The van der Waals surface area contributed by atoms with Crippen molar-refractivity contribution in [1.82, 2.24) is 5.32 Å². The van der Waals surface area contributed by atoms with Gasteiger partial charge in [-0.3, -0.25) is 4.79 Å². The molecule has 10 heteroatoms. The smallest absolute Gasteiger partial charge is 0.409 e. The lowest BCUT2D eigenvalue weighted by Gasteiger charge is -2.25. The highest BCUT2D eigenvalue weighted by Gasteiger charge is 2.61. The molecular weight excluding hydrogens is 284 g/mol. The van der Waals surface area contributed by atoms with Gasteiger partial charge >= 0.3 is 18.3 Å². The summed E-state index contributed by atoms with van der Waals surface area (Å²) in [7, 11) is 0. The average molecular weight is 295 g/mol. The van der Waals surface area contributed by atoms with E-state index in [2.05, 4.69) is 0 Å². The molecule has 0 aromatic heterocycles. The van der Waals surface area contributed by atoms with Gasteiger partial charge in [-0.2, -0.15) is 26.3 Å². The number of amides is 1. The Labute approximate surface area is 103 Å². The molecule has 0 saturated heterocycles.